The molecule has 2 fully saturated rings. The van der Waals surface area contributed by atoms with E-state index in [-0.39, 0.29) is 28.9 Å². The van der Waals surface area contributed by atoms with Crippen LogP contribution in [-0.4, -0.2) is 18.0 Å². The Morgan fingerprint density at radius 2 is 1.83 bits per heavy atom. The number of rotatable bonds is 3. The molecule has 4 aliphatic carbocycles. The van der Waals surface area contributed by atoms with Gasteiger partial charge >= 0.3 is 11.9 Å². The van der Waals surface area contributed by atoms with E-state index in [1.807, 2.05) is 12.2 Å². The van der Waals surface area contributed by atoms with Crippen LogP contribution in [0.2, 0.25) is 0 Å². The van der Waals surface area contributed by atoms with Crippen LogP contribution in [0.25, 0.3) is 0 Å². The van der Waals surface area contributed by atoms with Crippen molar-refractivity contribution >= 4 is 11.9 Å². The fourth-order valence-electron chi connectivity index (χ4n) is 6.70. The van der Waals surface area contributed by atoms with Gasteiger partial charge in [0.05, 0.1) is 0 Å². The van der Waals surface area contributed by atoms with Crippen molar-refractivity contribution in [2.45, 2.75) is 66.4 Å². The lowest BCUT2D eigenvalue weighted by atomic mass is 9.52. The molecule has 2 saturated carbocycles. The number of allylic oxidation sites excluding steroid dienone is 7. The van der Waals surface area contributed by atoms with Crippen molar-refractivity contribution in [2.75, 3.05) is 0 Å². The lowest BCUT2D eigenvalue weighted by Crippen LogP contribution is -2.45. The summed E-state index contributed by atoms with van der Waals surface area (Å²) in [5, 5.41) is 0. The summed E-state index contributed by atoms with van der Waals surface area (Å²) >= 11 is 0. The quantitative estimate of drug-likeness (QED) is 0.610. The monoisotopic (exact) mass is 396 g/mol. The molecule has 29 heavy (non-hydrogen) atoms. The fraction of sp³-hybridized carbons (Fsp3) is 0.600. The molecule has 156 valence electrons. The minimum Gasteiger partial charge on any atom is -0.463 e. The first-order valence-electron chi connectivity index (χ1n) is 10.8. The predicted molar refractivity (Wildman–Crippen MR) is 112 cm³/mol. The molecule has 0 N–H and O–H groups in total. The Hall–Kier alpha value is -2.10. The second-order valence-electron chi connectivity index (χ2n) is 9.69. The summed E-state index contributed by atoms with van der Waals surface area (Å²) in [5.74, 6) is 1.56. The fourth-order valence-corrected chi connectivity index (χ4v) is 6.70. The molecule has 0 aromatic carbocycles. The van der Waals surface area contributed by atoms with Crippen molar-refractivity contribution in [3.63, 3.8) is 0 Å². The zero-order chi connectivity index (χ0) is 21.0. The van der Waals surface area contributed by atoms with Gasteiger partial charge in [0, 0.05) is 25.2 Å². The average Bonchev–Trinajstić information content (AvgIpc) is 2.98. The van der Waals surface area contributed by atoms with Crippen LogP contribution in [0, 0.1) is 28.6 Å². The Balaban J connectivity index is 1.64. The van der Waals surface area contributed by atoms with Crippen LogP contribution in [0.4, 0.5) is 0 Å². The predicted octanol–water partition coefficient (Wildman–Crippen LogP) is 5.27. The lowest BCUT2D eigenvalue weighted by molar-refractivity contribution is -0.150. The summed E-state index contributed by atoms with van der Waals surface area (Å²) in [6, 6.07) is 0. The zero-order valence-corrected chi connectivity index (χ0v) is 18.2. The third-order valence-electron chi connectivity index (χ3n) is 8.06. The van der Waals surface area contributed by atoms with Crippen molar-refractivity contribution in [2.24, 2.45) is 28.6 Å². The normalized spacial score (nSPS) is 38.5. The standard InChI is InChI=1S/C25H32O4/c1-15(28-16(2)26)21-8-9-22-20-7-6-18-14-19(29-17(3)27)10-12-24(18,4)23(20)11-13-25(21,22)5/h6-7,10,12,14-15,21-23H,8-9,11,13H2,1-5H3/t15-,21-,22+,23+,24+,25-/m1/s1. The van der Waals surface area contributed by atoms with Crippen LogP contribution in [-0.2, 0) is 19.1 Å². The van der Waals surface area contributed by atoms with E-state index in [0.717, 1.165) is 25.7 Å². The molecule has 6 atom stereocenters. The highest BCUT2D eigenvalue weighted by atomic mass is 16.5. The molecule has 0 heterocycles. The third-order valence-corrected chi connectivity index (χ3v) is 8.06. The number of hydrogen-bond acceptors (Lipinski definition) is 4. The van der Waals surface area contributed by atoms with Crippen LogP contribution < -0.4 is 0 Å². The van der Waals surface area contributed by atoms with Gasteiger partial charge in [0.15, 0.2) is 0 Å². The molecule has 0 spiro atoms. The van der Waals surface area contributed by atoms with Gasteiger partial charge in [0.25, 0.3) is 0 Å². The molecule has 4 heteroatoms. The Labute approximate surface area is 173 Å². The Bertz CT molecular complexity index is 860. The van der Waals surface area contributed by atoms with Gasteiger partial charge in [0.1, 0.15) is 11.9 Å². The van der Waals surface area contributed by atoms with Gasteiger partial charge < -0.3 is 9.47 Å². The van der Waals surface area contributed by atoms with Crippen molar-refractivity contribution in [1.29, 1.82) is 0 Å². The van der Waals surface area contributed by atoms with E-state index in [1.54, 1.807) is 5.57 Å². The van der Waals surface area contributed by atoms with Crippen molar-refractivity contribution in [3.05, 3.63) is 47.3 Å². The summed E-state index contributed by atoms with van der Waals surface area (Å²) in [6.45, 7) is 9.72. The molecule has 4 rings (SSSR count). The number of ether oxygens (including phenoxy) is 2. The van der Waals surface area contributed by atoms with E-state index in [2.05, 4.69) is 39.0 Å². The third kappa shape index (κ3) is 3.21. The largest absolute Gasteiger partial charge is 0.463 e. The molecule has 0 aliphatic heterocycles. The molecular weight excluding hydrogens is 364 g/mol. The molecule has 4 nitrogen and oxygen atoms in total. The average molecular weight is 397 g/mol. The van der Waals surface area contributed by atoms with Gasteiger partial charge in [-0.2, -0.15) is 0 Å². The highest BCUT2D eigenvalue weighted by molar-refractivity contribution is 5.68. The van der Waals surface area contributed by atoms with Gasteiger partial charge in [-0.1, -0.05) is 37.6 Å². The van der Waals surface area contributed by atoms with Gasteiger partial charge in [-0.25, -0.2) is 0 Å². The van der Waals surface area contributed by atoms with E-state index in [1.165, 1.54) is 19.4 Å². The van der Waals surface area contributed by atoms with Crippen LogP contribution in [0.5, 0.6) is 0 Å². The van der Waals surface area contributed by atoms with E-state index >= 15 is 0 Å². The summed E-state index contributed by atoms with van der Waals surface area (Å²) in [4.78, 5) is 22.8. The maximum Gasteiger partial charge on any atom is 0.308 e. The van der Waals surface area contributed by atoms with Crippen molar-refractivity contribution in [3.8, 4) is 0 Å². The van der Waals surface area contributed by atoms with Crippen molar-refractivity contribution in [1.82, 2.24) is 0 Å². The molecule has 0 bridgehead atoms. The highest BCUT2D eigenvalue weighted by Crippen LogP contribution is 2.64. The van der Waals surface area contributed by atoms with Gasteiger partial charge in [-0.3, -0.25) is 9.59 Å². The molecular formula is C25H32O4. The number of esters is 2. The molecule has 0 aromatic heterocycles. The minimum atomic E-state index is -0.288. The summed E-state index contributed by atoms with van der Waals surface area (Å²) < 4.78 is 10.9. The maximum absolute atomic E-state index is 11.5. The highest BCUT2D eigenvalue weighted by Gasteiger charge is 2.56. The Morgan fingerprint density at radius 3 is 2.52 bits per heavy atom. The molecule has 0 radical (unpaired) electrons. The van der Waals surface area contributed by atoms with E-state index in [9.17, 15) is 9.59 Å². The summed E-state index contributed by atoms with van der Waals surface area (Å²) in [5.41, 5.74) is 2.89. The smallest absolute Gasteiger partial charge is 0.308 e. The first-order chi connectivity index (χ1) is 13.6. The summed E-state index contributed by atoms with van der Waals surface area (Å²) in [7, 11) is 0. The van der Waals surface area contributed by atoms with E-state index < -0.39 is 0 Å². The first-order valence-corrected chi connectivity index (χ1v) is 10.8. The number of fused-ring (bicyclic) bond motifs is 5. The van der Waals surface area contributed by atoms with Crippen LogP contribution in [0.1, 0.15) is 60.3 Å². The van der Waals surface area contributed by atoms with Crippen LogP contribution in [0.3, 0.4) is 0 Å². The van der Waals surface area contributed by atoms with Crippen molar-refractivity contribution < 1.29 is 19.1 Å². The number of carbonyl (C=O) groups excluding carboxylic acids is 2. The second kappa shape index (κ2) is 7.00. The molecule has 0 aromatic rings. The van der Waals surface area contributed by atoms with E-state index in [0.29, 0.717) is 23.5 Å². The lowest BCUT2D eigenvalue weighted by Gasteiger charge is -2.52. The SMILES string of the molecule is CC(=O)OC1=CC2=CC=C3[C@@H]4CC[C@H]([C@@H](C)OC(C)=O)[C@@]4(C)CC[C@@H]3[C@@]2(C)C=C1. The first kappa shape index (κ1) is 20.2. The Morgan fingerprint density at radius 1 is 1.07 bits per heavy atom. The van der Waals surface area contributed by atoms with Gasteiger partial charge in [0.2, 0.25) is 0 Å². The number of carbonyl (C=O) groups is 2. The zero-order valence-electron chi connectivity index (χ0n) is 18.2. The minimum absolute atomic E-state index is 0.0336. The molecule has 4 aliphatic rings. The molecule has 0 unspecified atom stereocenters. The molecule has 0 saturated heterocycles. The molecule has 0 amide bonds. The van der Waals surface area contributed by atoms with Crippen LogP contribution in [0.15, 0.2) is 47.3 Å². The Kier molecular flexibility index (Phi) is 4.87. The van der Waals surface area contributed by atoms with E-state index in [4.69, 9.17) is 9.47 Å². The van der Waals surface area contributed by atoms with Gasteiger partial charge in [-0.05, 0) is 67.6 Å². The number of hydrogen-bond donors (Lipinski definition) is 0. The van der Waals surface area contributed by atoms with Gasteiger partial charge in [-0.15, -0.1) is 0 Å². The van der Waals surface area contributed by atoms with Crippen LogP contribution >= 0.6 is 0 Å². The summed E-state index contributed by atoms with van der Waals surface area (Å²) in [6.07, 6.45) is 15.2. The second-order valence-corrected chi connectivity index (χ2v) is 9.69. The topological polar surface area (TPSA) is 52.6 Å². The maximum atomic E-state index is 11.5.